The van der Waals surface area contributed by atoms with Crippen molar-refractivity contribution in [1.82, 2.24) is 0 Å². The highest BCUT2D eigenvalue weighted by atomic mass is 35.5. The number of halogens is 1. The number of hydrogen-bond donors (Lipinski definition) is 2. The van der Waals surface area contributed by atoms with E-state index in [0.29, 0.717) is 37.2 Å². The third-order valence-electron chi connectivity index (χ3n) is 3.34. The van der Waals surface area contributed by atoms with Gasteiger partial charge in [0.2, 0.25) is 15.9 Å². The molecule has 124 valence electrons. The molecule has 1 amide bonds. The van der Waals surface area contributed by atoms with Crippen molar-refractivity contribution in [2.24, 2.45) is 5.73 Å². The van der Waals surface area contributed by atoms with E-state index in [4.69, 9.17) is 5.73 Å². The van der Waals surface area contributed by atoms with Gasteiger partial charge in [-0.2, -0.15) is 0 Å². The van der Waals surface area contributed by atoms with Crippen LogP contribution in [-0.4, -0.2) is 32.7 Å². The predicted molar refractivity (Wildman–Crippen MR) is 91.0 cm³/mol. The largest absolute Gasteiger partial charge is 0.328 e. The molecule has 0 bridgehead atoms. The van der Waals surface area contributed by atoms with E-state index in [-0.39, 0.29) is 30.1 Å². The standard InChI is InChI=1S/C14H21N3O3S.ClH/c1-11(15)6-7-14(18)16-12-4-2-5-13(10-12)17-8-3-9-21(17,19)20;/h2,4-5,10-11H,3,6-9,15H2,1H3,(H,16,18);1H. The smallest absolute Gasteiger partial charge is 0.235 e. The van der Waals surface area contributed by atoms with Gasteiger partial charge in [-0.15, -0.1) is 12.4 Å². The second-order valence-electron chi connectivity index (χ2n) is 5.36. The molecule has 1 aliphatic heterocycles. The fraction of sp³-hybridized carbons (Fsp3) is 0.500. The van der Waals surface area contributed by atoms with E-state index in [1.807, 2.05) is 6.92 Å². The molecule has 1 fully saturated rings. The third-order valence-corrected chi connectivity index (χ3v) is 5.21. The quantitative estimate of drug-likeness (QED) is 0.848. The molecular weight excluding hydrogens is 326 g/mol. The highest BCUT2D eigenvalue weighted by molar-refractivity contribution is 7.93. The minimum Gasteiger partial charge on any atom is -0.328 e. The summed E-state index contributed by atoms with van der Waals surface area (Å²) in [6.07, 6.45) is 1.60. The van der Waals surface area contributed by atoms with Crippen LogP contribution in [0.1, 0.15) is 26.2 Å². The number of sulfonamides is 1. The van der Waals surface area contributed by atoms with Crippen LogP contribution in [0, 0.1) is 0 Å². The molecule has 1 aromatic carbocycles. The lowest BCUT2D eigenvalue weighted by molar-refractivity contribution is -0.116. The summed E-state index contributed by atoms with van der Waals surface area (Å²) < 4.78 is 25.2. The Morgan fingerprint density at radius 2 is 2.18 bits per heavy atom. The van der Waals surface area contributed by atoms with Crippen molar-refractivity contribution in [3.63, 3.8) is 0 Å². The first-order valence-corrected chi connectivity index (χ1v) is 8.65. The van der Waals surface area contributed by atoms with E-state index in [1.165, 1.54) is 4.31 Å². The van der Waals surface area contributed by atoms with Crippen LogP contribution in [0.5, 0.6) is 0 Å². The maximum Gasteiger partial charge on any atom is 0.235 e. The molecule has 1 unspecified atom stereocenters. The van der Waals surface area contributed by atoms with Crippen LogP contribution in [0.4, 0.5) is 11.4 Å². The zero-order chi connectivity index (χ0) is 15.5. The molecule has 6 nitrogen and oxygen atoms in total. The number of nitrogens with two attached hydrogens (primary N) is 1. The van der Waals surface area contributed by atoms with Crippen molar-refractivity contribution >= 4 is 39.7 Å². The van der Waals surface area contributed by atoms with Crippen LogP contribution in [-0.2, 0) is 14.8 Å². The summed E-state index contributed by atoms with van der Waals surface area (Å²) in [5, 5.41) is 2.77. The first kappa shape index (κ1) is 18.7. The van der Waals surface area contributed by atoms with Crippen LogP contribution in [0.25, 0.3) is 0 Å². The van der Waals surface area contributed by atoms with Gasteiger partial charge in [-0.3, -0.25) is 9.10 Å². The van der Waals surface area contributed by atoms with Gasteiger partial charge in [0, 0.05) is 24.7 Å². The molecule has 8 heteroatoms. The number of carbonyl (C=O) groups is 1. The predicted octanol–water partition coefficient (Wildman–Crippen LogP) is 1.71. The van der Waals surface area contributed by atoms with Crippen molar-refractivity contribution in [2.75, 3.05) is 21.9 Å². The average Bonchev–Trinajstić information content (AvgIpc) is 2.76. The lowest BCUT2D eigenvalue weighted by Crippen LogP contribution is -2.25. The second-order valence-corrected chi connectivity index (χ2v) is 7.37. The first-order chi connectivity index (χ1) is 9.88. The number of carbonyl (C=O) groups excluding carboxylic acids is 1. The highest BCUT2D eigenvalue weighted by Gasteiger charge is 2.28. The number of nitrogens with one attached hydrogen (secondary N) is 1. The van der Waals surface area contributed by atoms with E-state index in [2.05, 4.69) is 5.32 Å². The minimum absolute atomic E-state index is 0. The molecule has 0 radical (unpaired) electrons. The summed E-state index contributed by atoms with van der Waals surface area (Å²) in [6.45, 7) is 2.34. The summed E-state index contributed by atoms with van der Waals surface area (Å²) in [4.78, 5) is 11.8. The normalized spacial score (nSPS) is 17.6. The second kappa shape index (κ2) is 7.80. The zero-order valence-electron chi connectivity index (χ0n) is 12.5. The molecule has 1 heterocycles. The maximum atomic E-state index is 11.9. The van der Waals surface area contributed by atoms with E-state index in [1.54, 1.807) is 24.3 Å². The fourth-order valence-electron chi connectivity index (χ4n) is 2.25. The molecule has 3 N–H and O–H groups in total. The van der Waals surface area contributed by atoms with Crippen LogP contribution in [0.2, 0.25) is 0 Å². The number of hydrogen-bond acceptors (Lipinski definition) is 4. The van der Waals surface area contributed by atoms with Crippen LogP contribution < -0.4 is 15.4 Å². The lowest BCUT2D eigenvalue weighted by Gasteiger charge is -2.17. The Morgan fingerprint density at radius 3 is 2.77 bits per heavy atom. The van der Waals surface area contributed by atoms with Gasteiger partial charge >= 0.3 is 0 Å². The van der Waals surface area contributed by atoms with E-state index < -0.39 is 10.0 Å². The Morgan fingerprint density at radius 1 is 1.45 bits per heavy atom. The van der Waals surface area contributed by atoms with Gasteiger partial charge in [0.25, 0.3) is 0 Å². The zero-order valence-corrected chi connectivity index (χ0v) is 14.1. The van der Waals surface area contributed by atoms with Crippen molar-refractivity contribution in [3.05, 3.63) is 24.3 Å². The van der Waals surface area contributed by atoms with Crippen molar-refractivity contribution < 1.29 is 13.2 Å². The Kier molecular flexibility index (Phi) is 6.65. The summed E-state index contributed by atoms with van der Waals surface area (Å²) in [6, 6.07) is 6.89. The van der Waals surface area contributed by atoms with Crippen LogP contribution in [0.15, 0.2) is 24.3 Å². The molecule has 0 saturated carbocycles. The van der Waals surface area contributed by atoms with Crippen LogP contribution >= 0.6 is 12.4 Å². The van der Waals surface area contributed by atoms with Crippen LogP contribution in [0.3, 0.4) is 0 Å². The molecular formula is C14H22ClN3O3S. The van der Waals surface area contributed by atoms with Gasteiger partial charge in [-0.1, -0.05) is 6.07 Å². The number of nitrogens with zero attached hydrogens (tertiary/aromatic N) is 1. The Bertz CT molecular complexity index is 620. The first-order valence-electron chi connectivity index (χ1n) is 7.04. The summed E-state index contributed by atoms with van der Waals surface area (Å²) >= 11 is 0. The van der Waals surface area contributed by atoms with Crippen molar-refractivity contribution in [2.45, 2.75) is 32.2 Å². The third kappa shape index (κ3) is 4.86. The van der Waals surface area contributed by atoms with Gasteiger partial charge in [0.15, 0.2) is 0 Å². The molecule has 0 spiro atoms. The fourth-order valence-corrected chi connectivity index (χ4v) is 3.81. The SMILES string of the molecule is CC(N)CCC(=O)Nc1cccc(N2CCCS2(=O)=O)c1.Cl. The number of rotatable bonds is 5. The molecule has 1 aromatic rings. The average molecular weight is 348 g/mol. The van der Waals surface area contributed by atoms with Gasteiger partial charge in [0.05, 0.1) is 11.4 Å². The van der Waals surface area contributed by atoms with Crippen molar-refractivity contribution in [1.29, 1.82) is 0 Å². The van der Waals surface area contributed by atoms with Gasteiger partial charge in [0.1, 0.15) is 0 Å². The van der Waals surface area contributed by atoms with Crippen molar-refractivity contribution in [3.8, 4) is 0 Å². The lowest BCUT2D eigenvalue weighted by atomic mass is 10.2. The molecule has 0 aliphatic carbocycles. The number of anilines is 2. The molecule has 1 saturated heterocycles. The molecule has 2 rings (SSSR count). The topological polar surface area (TPSA) is 92.5 Å². The molecule has 1 atom stereocenters. The van der Waals surface area contributed by atoms with E-state index in [9.17, 15) is 13.2 Å². The number of benzene rings is 1. The summed E-state index contributed by atoms with van der Waals surface area (Å²) in [5.74, 6) is 0.0616. The van der Waals surface area contributed by atoms with E-state index in [0.717, 1.165) is 0 Å². The van der Waals surface area contributed by atoms with Gasteiger partial charge in [-0.25, -0.2) is 8.42 Å². The molecule has 0 aromatic heterocycles. The minimum atomic E-state index is -3.20. The summed E-state index contributed by atoms with van der Waals surface area (Å²) in [5.41, 5.74) is 6.81. The van der Waals surface area contributed by atoms with E-state index >= 15 is 0 Å². The Labute approximate surface area is 137 Å². The van der Waals surface area contributed by atoms with Gasteiger partial charge < -0.3 is 11.1 Å². The summed E-state index contributed by atoms with van der Waals surface area (Å²) in [7, 11) is -3.20. The maximum absolute atomic E-state index is 11.9. The molecule has 1 aliphatic rings. The monoisotopic (exact) mass is 347 g/mol. The Balaban J connectivity index is 0.00000242. The number of amides is 1. The Hall–Kier alpha value is -1.31. The molecule has 22 heavy (non-hydrogen) atoms. The van der Waals surface area contributed by atoms with Gasteiger partial charge in [-0.05, 0) is 38.0 Å². The highest BCUT2D eigenvalue weighted by Crippen LogP contribution is 2.26.